The number of hydrogen-bond donors (Lipinski definition) is 0. The minimum atomic E-state index is 0.286. The lowest BCUT2D eigenvalue weighted by molar-refractivity contribution is 0.111. The van der Waals surface area contributed by atoms with Crippen LogP contribution < -0.4 is 39.3 Å². The molecule has 0 heterocycles. The maximum Gasteiger partial charge on any atom is 0.203 e. The molecule has 0 atom stereocenters. The molecule has 0 amide bonds. The first-order valence-corrected chi connectivity index (χ1v) is 12.5. The Bertz CT molecular complexity index is 1000. The van der Waals surface area contributed by atoms with E-state index in [0.717, 1.165) is 12.6 Å². The molecule has 10 heteroatoms. The molecule has 8 nitrogen and oxygen atoms in total. The summed E-state index contributed by atoms with van der Waals surface area (Å²) < 4.78 is 36.0. The summed E-state index contributed by atoms with van der Waals surface area (Å²) in [5.41, 5.74) is 2.51. The summed E-state index contributed by atoms with van der Waals surface area (Å²) in [6.45, 7) is 13.1. The fraction of sp³-hybridized carbons (Fsp3) is 0.462. The minimum absolute atomic E-state index is 0.286. The predicted molar refractivity (Wildman–Crippen MR) is 146 cm³/mol. The summed E-state index contributed by atoms with van der Waals surface area (Å²) in [5.74, 6) is 2.17. The average Bonchev–Trinajstić information content (AvgIpc) is 2.86. The Morgan fingerprint density at radius 3 is 0.972 bits per heavy atom. The van der Waals surface area contributed by atoms with Gasteiger partial charge >= 0.3 is 0 Å². The highest BCUT2D eigenvalue weighted by molar-refractivity contribution is 6.41. The van der Waals surface area contributed by atoms with Crippen molar-refractivity contribution in [1.82, 2.24) is 0 Å². The highest BCUT2D eigenvalue weighted by atomic mass is 16.5. The third kappa shape index (κ3) is 5.42. The van der Waals surface area contributed by atoms with E-state index in [2.05, 4.69) is 0 Å². The van der Waals surface area contributed by atoms with Gasteiger partial charge in [0.25, 0.3) is 0 Å². The Kier molecular flexibility index (Phi) is 11.0. The van der Waals surface area contributed by atoms with Gasteiger partial charge in [-0.15, -0.1) is 0 Å². The number of aldehydes is 2. The van der Waals surface area contributed by atoms with Crippen LogP contribution in [0.25, 0.3) is 11.1 Å². The maximum atomic E-state index is 12.6. The third-order valence-corrected chi connectivity index (χ3v) is 5.52. The number of ether oxygens (including phenoxy) is 6. The van der Waals surface area contributed by atoms with Gasteiger partial charge in [-0.1, -0.05) is 0 Å². The van der Waals surface area contributed by atoms with E-state index >= 15 is 0 Å². The Morgan fingerprint density at radius 2 is 0.722 bits per heavy atom. The second kappa shape index (κ2) is 13.7. The van der Waals surface area contributed by atoms with Crippen LogP contribution in [0.5, 0.6) is 34.5 Å². The Balaban J connectivity index is 3.28. The van der Waals surface area contributed by atoms with E-state index in [1.54, 1.807) is 15.7 Å². The summed E-state index contributed by atoms with van der Waals surface area (Å²) in [4.78, 5) is 25.2. The van der Waals surface area contributed by atoms with Crippen LogP contribution in [-0.4, -0.2) is 67.9 Å². The highest BCUT2D eigenvalue weighted by Crippen LogP contribution is 2.52. The van der Waals surface area contributed by atoms with Gasteiger partial charge in [0, 0.05) is 22.3 Å². The van der Waals surface area contributed by atoms with Gasteiger partial charge in [-0.25, -0.2) is 0 Å². The van der Waals surface area contributed by atoms with Crippen LogP contribution in [0.3, 0.4) is 0 Å². The van der Waals surface area contributed by atoms with Crippen molar-refractivity contribution in [2.75, 3.05) is 39.6 Å². The molecule has 0 bridgehead atoms. The van der Waals surface area contributed by atoms with Crippen molar-refractivity contribution in [2.45, 2.75) is 41.5 Å². The summed E-state index contributed by atoms with van der Waals surface area (Å²) in [7, 11) is 3.56. The first kappa shape index (κ1) is 28.9. The fourth-order valence-electron chi connectivity index (χ4n) is 4.18. The van der Waals surface area contributed by atoms with Crippen molar-refractivity contribution in [3.63, 3.8) is 0 Å². The van der Waals surface area contributed by atoms with Crippen molar-refractivity contribution in [3.05, 3.63) is 11.1 Å². The number of carbonyl (C=O) groups excluding carboxylic acids is 2. The van der Waals surface area contributed by atoms with E-state index < -0.39 is 0 Å². The molecule has 0 N–H and O–H groups in total. The topological polar surface area (TPSA) is 89.5 Å². The van der Waals surface area contributed by atoms with Crippen LogP contribution in [0.2, 0.25) is 0 Å². The molecule has 0 unspecified atom stereocenters. The maximum absolute atomic E-state index is 12.6. The van der Waals surface area contributed by atoms with Gasteiger partial charge in [0.05, 0.1) is 39.6 Å². The molecule has 0 radical (unpaired) electrons. The normalized spacial score (nSPS) is 10.5. The molecule has 36 heavy (non-hydrogen) atoms. The molecule has 0 saturated heterocycles. The molecule has 0 aromatic heterocycles. The Hall–Kier alpha value is -3.29. The molecule has 2 rings (SSSR count). The zero-order valence-electron chi connectivity index (χ0n) is 22.7. The molecule has 0 saturated carbocycles. The van der Waals surface area contributed by atoms with Crippen LogP contribution in [0, 0.1) is 0 Å². The van der Waals surface area contributed by atoms with Crippen molar-refractivity contribution in [1.29, 1.82) is 0 Å². The molecule has 2 aromatic rings. The molecule has 0 fully saturated rings. The summed E-state index contributed by atoms with van der Waals surface area (Å²) >= 11 is 0. The van der Waals surface area contributed by atoms with Gasteiger partial charge in [-0.2, -0.15) is 0 Å². The number of carbonyl (C=O) groups is 2. The first-order valence-electron chi connectivity index (χ1n) is 12.5. The van der Waals surface area contributed by atoms with E-state index in [-0.39, 0.29) is 13.2 Å². The van der Waals surface area contributed by atoms with Crippen molar-refractivity contribution < 1.29 is 38.0 Å². The standard InChI is InChI=1S/C26H36B2O8/c1-7-31-21-17(15(13-29)19(27)23(33-9-3)25(21)35-11-5)18-16(14-30)20(28)24(34-10-4)26(36-12-6)22(18)32-8-2/h13-14H,7-12,27-28H2,1-6H3. The van der Waals surface area contributed by atoms with Gasteiger partial charge in [0.2, 0.25) is 11.5 Å². The van der Waals surface area contributed by atoms with E-state index in [1.807, 2.05) is 41.5 Å². The van der Waals surface area contributed by atoms with Gasteiger partial charge in [-0.3, -0.25) is 9.59 Å². The summed E-state index contributed by atoms with van der Waals surface area (Å²) in [6, 6.07) is 0. The second-order valence-electron chi connectivity index (χ2n) is 7.64. The molecular weight excluding hydrogens is 462 g/mol. The van der Waals surface area contributed by atoms with Crippen LogP contribution >= 0.6 is 0 Å². The molecule has 0 spiro atoms. The molecular formula is C26H36B2O8. The first-order chi connectivity index (χ1) is 17.4. The lowest BCUT2D eigenvalue weighted by Gasteiger charge is -2.27. The molecule has 194 valence electrons. The zero-order chi connectivity index (χ0) is 26.8. The summed E-state index contributed by atoms with van der Waals surface area (Å²) in [5, 5.41) is 0. The van der Waals surface area contributed by atoms with Crippen LogP contribution in [-0.2, 0) is 0 Å². The largest absolute Gasteiger partial charge is 0.490 e. The third-order valence-electron chi connectivity index (χ3n) is 5.52. The van der Waals surface area contributed by atoms with Crippen LogP contribution in [0.4, 0.5) is 0 Å². The highest BCUT2D eigenvalue weighted by Gasteiger charge is 2.33. The lowest BCUT2D eigenvalue weighted by Crippen LogP contribution is -2.23. The van der Waals surface area contributed by atoms with Crippen LogP contribution in [0.1, 0.15) is 62.3 Å². The smallest absolute Gasteiger partial charge is 0.203 e. The number of rotatable bonds is 15. The van der Waals surface area contributed by atoms with E-state index in [9.17, 15) is 9.59 Å². The minimum Gasteiger partial charge on any atom is -0.490 e. The quantitative estimate of drug-likeness (QED) is 0.272. The molecule has 0 aliphatic heterocycles. The van der Waals surface area contributed by atoms with Crippen molar-refractivity contribution >= 4 is 39.2 Å². The molecule has 0 aliphatic carbocycles. The van der Waals surface area contributed by atoms with E-state index in [4.69, 9.17) is 28.4 Å². The predicted octanol–water partition coefficient (Wildman–Crippen LogP) is 1.89. The molecule has 2 aromatic carbocycles. The van der Waals surface area contributed by atoms with Crippen molar-refractivity contribution in [2.24, 2.45) is 0 Å². The molecule has 0 aliphatic rings. The lowest BCUT2D eigenvalue weighted by atomic mass is 9.79. The van der Waals surface area contributed by atoms with Gasteiger partial charge < -0.3 is 28.4 Å². The number of benzene rings is 2. The Morgan fingerprint density at radius 1 is 0.472 bits per heavy atom. The summed E-state index contributed by atoms with van der Waals surface area (Å²) in [6.07, 6.45) is 1.48. The van der Waals surface area contributed by atoms with Crippen molar-refractivity contribution in [3.8, 4) is 45.6 Å². The Labute approximate surface area is 215 Å². The van der Waals surface area contributed by atoms with E-state index in [1.165, 1.54) is 0 Å². The SMILES string of the molecule is Bc1c(C=O)c(-c2c(C=O)c(B)c(OCC)c(OCC)c2OCC)c(OCC)c(OCC)c1OCC. The number of hydrogen-bond acceptors (Lipinski definition) is 8. The zero-order valence-corrected chi connectivity index (χ0v) is 22.7. The van der Waals surface area contributed by atoms with Crippen LogP contribution in [0.15, 0.2) is 0 Å². The van der Waals surface area contributed by atoms with Gasteiger partial charge in [0.1, 0.15) is 28.3 Å². The second-order valence-corrected chi connectivity index (χ2v) is 7.64. The van der Waals surface area contributed by atoms with Gasteiger partial charge in [-0.05, 0) is 52.5 Å². The average molecular weight is 498 g/mol. The van der Waals surface area contributed by atoms with Gasteiger partial charge in [0.15, 0.2) is 23.0 Å². The fourth-order valence-corrected chi connectivity index (χ4v) is 4.18. The van der Waals surface area contributed by atoms with E-state index in [0.29, 0.717) is 94.1 Å². The monoisotopic (exact) mass is 498 g/mol.